The van der Waals surface area contributed by atoms with Crippen molar-refractivity contribution in [1.29, 1.82) is 0 Å². The van der Waals surface area contributed by atoms with Crippen LogP contribution < -0.4 is 9.64 Å². The highest BCUT2D eigenvalue weighted by Crippen LogP contribution is 2.26. The highest BCUT2D eigenvalue weighted by atomic mass is 19.1. The van der Waals surface area contributed by atoms with Crippen LogP contribution in [0.25, 0.3) is 11.4 Å². The molecular weight excluding hydrogens is 472 g/mol. The van der Waals surface area contributed by atoms with Crippen LogP contribution in [0.4, 0.5) is 14.7 Å². The molecule has 0 N–H and O–H groups in total. The van der Waals surface area contributed by atoms with E-state index in [4.69, 9.17) is 9.26 Å². The van der Waals surface area contributed by atoms with Gasteiger partial charge in [-0.05, 0) is 31.6 Å². The first-order chi connectivity index (χ1) is 17.4. The van der Waals surface area contributed by atoms with Crippen molar-refractivity contribution in [2.75, 3.05) is 31.7 Å². The van der Waals surface area contributed by atoms with Gasteiger partial charge < -0.3 is 18.9 Å². The third-order valence-electron chi connectivity index (χ3n) is 6.16. The number of carbonyl (C=O) groups excluding carboxylic acids is 1. The summed E-state index contributed by atoms with van der Waals surface area (Å²) in [6.45, 7) is 5.99. The monoisotopic (exact) mass is 501 g/mol. The first kappa shape index (κ1) is 25.5. The average molecular weight is 502 g/mol. The molecule has 9 nitrogen and oxygen atoms in total. The van der Waals surface area contributed by atoms with Crippen LogP contribution in [0.1, 0.15) is 61.7 Å². The minimum atomic E-state index is -1.06. The summed E-state index contributed by atoms with van der Waals surface area (Å²) in [7, 11) is 1.07. The van der Waals surface area contributed by atoms with Crippen LogP contribution in [0.2, 0.25) is 0 Å². The fraction of sp³-hybridized carbons (Fsp3) is 0.480. The fourth-order valence-electron chi connectivity index (χ4n) is 4.10. The zero-order chi connectivity index (χ0) is 25.7. The Morgan fingerprint density at radius 1 is 1.17 bits per heavy atom. The number of aromatic nitrogens is 4. The van der Waals surface area contributed by atoms with Gasteiger partial charge >= 0.3 is 5.97 Å². The lowest BCUT2D eigenvalue weighted by atomic mass is 9.92. The van der Waals surface area contributed by atoms with Crippen LogP contribution in [0.5, 0.6) is 5.75 Å². The quantitative estimate of drug-likeness (QED) is 0.302. The lowest BCUT2D eigenvalue weighted by molar-refractivity contribution is 0.0589. The van der Waals surface area contributed by atoms with Gasteiger partial charge in [0.1, 0.15) is 22.9 Å². The molecule has 1 aliphatic rings. The van der Waals surface area contributed by atoms with Crippen molar-refractivity contribution < 1.29 is 27.6 Å². The van der Waals surface area contributed by atoms with E-state index in [0.29, 0.717) is 35.8 Å². The molecule has 0 unspecified atom stereocenters. The Bertz CT molecular complexity index is 1150. The van der Waals surface area contributed by atoms with Crippen LogP contribution in [0, 0.1) is 17.6 Å². The summed E-state index contributed by atoms with van der Waals surface area (Å²) in [5.74, 6) is -0.598. The number of carbonyl (C=O) groups is 1. The van der Waals surface area contributed by atoms with E-state index in [1.54, 1.807) is 12.4 Å². The number of piperidine rings is 1. The van der Waals surface area contributed by atoms with Gasteiger partial charge in [0.25, 0.3) is 0 Å². The number of ether oxygens (including phenoxy) is 2. The van der Waals surface area contributed by atoms with Crippen molar-refractivity contribution >= 4 is 11.9 Å². The summed E-state index contributed by atoms with van der Waals surface area (Å²) in [5, 5.41) is 3.99. The molecule has 4 rings (SSSR count). The smallest absolute Gasteiger partial charge is 0.343 e. The normalized spacial score (nSPS) is 14.3. The van der Waals surface area contributed by atoms with Crippen molar-refractivity contribution in [2.24, 2.45) is 5.92 Å². The third kappa shape index (κ3) is 5.95. The second-order valence-electron chi connectivity index (χ2n) is 9.06. The van der Waals surface area contributed by atoms with E-state index < -0.39 is 23.2 Å². The van der Waals surface area contributed by atoms with Crippen LogP contribution in [0.3, 0.4) is 0 Å². The maximum absolute atomic E-state index is 14.0. The van der Waals surface area contributed by atoms with E-state index in [1.165, 1.54) is 0 Å². The standard InChI is InChI=1S/C25H29F2N5O4/c1-15(2)23-30-22(31-36-23)17-13-28-25(29-14-17)32-8-6-16(7-9-32)5-4-10-35-18-11-19(26)21(20(27)12-18)24(33)34-3/h11-16H,4-10H2,1-3H3. The van der Waals surface area contributed by atoms with Gasteiger partial charge in [-0.15, -0.1) is 0 Å². The Hall–Kier alpha value is -3.63. The Morgan fingerprint density at radius 3 is 2.42 bits per heavy atom. The summed E-state index contributed by atoms with van der Waals surface area (Å²) >= 11 is 0. The zero-order valence-electron chi connectivity index (χ0n) is 20.5. The molecule has 0 saturated carbocycles. The van der Waals surface area contributed by atoms with Gasteiger partial charge in [0.2, 0.25) is 17.7 Å². The molecule has 11 heteroatoms. The van der Waals surface area contributed by atoms with E-state index in [-0.39, 0.29) is 11.7 Å². The van der Waals surface area contributed by atoms with Crippen LogP contribution in [-0.4, -0.2) is 52.9 Å². The van der Waals surface area contributed by atoms with E-state index in [9.17, 15) is 13.6 Å². The Morgan fingerprint density at radius 2 is 1.83 bits per heavy atom. The first-order valence-electron chi connectivity index (χ1n) is 12.0. The fourth-order valence-corrected chi connectivity index (χ4v) is 4.10. The molecule has 3 heterocycles. The molecule has 2 aromatic heterocycles. The van der Waals surface area contributed by atoms with Gasteiger partial charge in [0, 0.05) is 43.5 Å². The minimum absolute atomic E-state index is 0.0503. The molecule has 1 aromatic carbocycles. The number of hydrogen-bond donors (Lipinski definition) is 0. The van der Waals surface area contributed by atoms with Gasteiger partial charge in [-0.3, -0.25) is 0 Å². The molecule has 1 fully saturated rings. The van der Waals surface area contributed by atoms with Gasteiger partial charge in [0.05, 0.1) is 19.3 Å². The molecule has 0 spiro atoms. The highest BCUT2D eigenvalue weighted by Gasteiger charge is 2.22. The minimum Gasteiger partial charge on any atom is -0.493 e. The van der Waals surface area contributed by atoms with Crippen molar-refractivity contribution in [1.82, 2.24) is 20.1 Å². The SMILES string of the molecule is COC(=O)c1c(F)cc(OCCCC2CCN(c3ncc(-c4noc(C(C)C)n4)cn3)CC2)cc1F. The van der Waals surface area contributed by atoms with Crippen molar-refractivity contribution in [3.8, 4) is 17.1 Å². The molecule has 192 valence electrons. The van der Waals surface area contributed by atoms with Crippen molar-refractivity contribution in [2.45, 2.75) is 45.4 Å². The summed E-state index contributed by atoms with van der Waals surface area (Å²) in [4.78, 5) is 26.9. The van der Waals surface area contributed by atoms with Gasteiger partial charge in [-0.2, -0.15) is 4.98 Å². The average Bonchev–Trinajstić information content (AvgIpc) is 3.37. The number of methoxy groups -OCH3 is 1. The second kappa shape index (κ2) is 11.4. The summed E-state index contributed by atoms with van der Waals surface area (Å²) in [6.07, 6.45) is 7.10. The highest BCUT2D eigenvalue weighted by molar-refractivity contribution is 5.90. The number of esters is 1. The molecule has 0 aliphatic carbocycles. The van der Waals surface area contributed by atoms with E-state index in [1.807, 2.05) is 13.8 Å². The van der Waals surface area contributed by atoms with E-state index in [0.717, 1.165) is 58.0 Å². The van der Waals surface area contributed by atoms with Gasteiger partial charge in [0.15, 0.2) is 0 Å². The summed E-state index contributed by atoms with van der Waals surface area (Å²) in [5.41, 5.74) is -0.00529. The number of nitrogens with zero attached hydrogens (tertiary/aromatic N) is 5. The summed E-state index contributed by atoms with van der Waals surface area (Å²) in [6, 6.07) is 2.00. The third-order valence-corrected chi connectivity index (χ3v) is 6.16. The molecular formula is C25H29F2N5O4. The lowest BCUT2D eigenvalue weighted by Gasteiger charge is -2.32. The Labute approximate surface area is 207 Å². The number of hydrogen-bond acceptors (Lipinski definition) is 9. The maximum Gasteiger partial charge on any atom is 0.343 e. The molecule has 0 bridgehead atoms. The maximum atomic E-state index is 14.0. The van der Waals surface area contributed by atoms with Gasteiger partial charge in [-0.1, -0.05) is 19.0 Å². The molecule has 0 amide bonds. The largest absolute Gasteiger partial charge is 0.493 e. The number of anilines is 1. The molecule has 0 radical (unpaired) electrons. The second-order valence-corrected chi connectivity index (χ2v) is 9.06. The number of benzene rings is 1. The Balaban J connectivity index is 1.21. The molecule has 36 heavy (non-hydrogen) atoms. The first-order valence-corrected chi connectivity index (χ1v) is 12.0. The molecule has 1 aliphatic heterocycles. The molecule has 0 atom stereocenters. The van der Waals surface area contributed by atoms with Crippen LogP contribution in [-0.2, 0) is 4.74 Å². The van der Waals surface area contributed by atoms with E-state index in [2.05, 4.69) is 29.7 Å². The lowest BCUT2D eigenvalue weighted by Crippen LogP contribution is -2.34. The van der Waals surface area contributed by atoms with Crippen molar-refractivity contribution in [3.05, 3.63) is 47.6 Å². The predicted octanol–water partition coefficient (Wildman–Crippen LogP) is 4.79. The number of halogens is 2. The molecule has 1 saturated heterocycles. The molecule has 3 aromatic rings. The topological polar surface area (TPSA) is 103 Å². The van der Waals surface area contributed by atoms with Gasteiger partial charge in [-0.25, -0.2) is 23.5 Å². The predicted molar refractivity (Wildman–Crippen MR) is 127 cm³/mol. The number of rotatable bonds is 9. The Kier molecular flexibility index (Phi) is 8.07. The van der Waals surface area contributed by atoms with Crippen LogP contribution >= 0.6 is 0 Å². The van der Waals surface area contributed by atoms with Crippen molar-refractivity contribution in [3.63, 3.8) is 0 Å². The zero-order valence-corrected chi connectivity index (χ0v) is 20.5. The summed E-state index contributed by atoms with van der Waals surface area (Å²) < 4.78 is 43.2. The van der Waals surface area contributed by atoms with E-state index >= 15 is 0 Å². The van der Waals surface area contributed by atoms with Crippen LogP contribution in [0.15, 0.2) is 29.0 Å².